The fraction of sp³-hybridized carbons (Fsp3) is 0.435. The van der Waals surface area contributed by atoms with Crippen LogP contribution >= 0.6 is 0 Å². The van der Waals surface area contributed by atoms with E-state index in [0.29, 0.717) is 26.2 Å². The largest absolute Gasteiger partial charge is 0.375 e. The molecule has 2 aromatic rings. The van der Waals surface area contributed by atoms with Gasteiger partial charge >= 0.3 is 0 Å². The number of aldehydes is 1. The van der Waals surface area contributed by atoms with Gasteiger partial charge in [-0.1, -0.05) is 35.9 Å². The van der Waals surface area contributed by atoms with Crippen molar-refractivity contribution in [3.63, 3.8) is 0 Å². The van der Waals surface area contributed by atoms with Crippen LogP contribution in [0.25, 0.3) is 0 Å². The van der Waals surface area contributed by atoms with E-state index in [1.807, 2.05) is 54.4 Å². The number of hydrogen-bond donors (Lipinski definition) is 1. The number of morpholine rings is 1. The minimum absolute atomic E-state index is 0.0238. The second-order valence-corrected chi connectivity index (χ2v) is 7.37. The molecule has 0 aliphatic carbocycles. The molecule has 0 radical (unpaired) electrons. The number of alkyl halides is 1. The van der Waals surface area contributed by atoms with Crippen LogP contribution in [0.3, 0.4) is 0 Å². The summed E-state index contributed by atoms with van der Waals surface area (Å²) in [6, 6.07) is 17.8. The van der Waals surface area contributed by atoms with Gasteiger partial charge in [0.2, 0.25) is 0 Å². The number of ether oxygens (including phenoxy) is 2. The van der Waals surface area contributed by atoms with Gasteiger partial charge in [-0.15, -0.1) is 0 Å². The van der Waals surface area contributed by atoms with E-state index in [1.54, 1.807) is 4.90 Å². The van der Waals surface area contributed by atoms with Gasteiger partial charge in [0.05, 0.1) is 19.3 Å². The number of halogens is 1. The Hall–Kier alpha value is -2.48. The first kappa shape index (κ1) is 22.2. The Labute approximate surface area is 177 Å². The first-order chi connectivity index (χ1) is 14.6. The van der Waals surface area contributed by atoms with Crippen LogP contribution < -0.4 is 15.1 Å². The van der Waals surface area contributed by atoms with Crippen LogP contribution in [-0.2, 0) is 14.3 Å². The van der Waals surface area contributed by atoms with Gasteiger partial charge in [0.25, 0.3) is 0 Å². The number of nitrogens with one attached hydrogen (secondary N) is 1. The zero-order chi connectivity index (χ0) is 21.3. The van der Waals surface area contributed by atoms with E-state index < -0.39 is 12.5 Å². The molecule has 3 unspecified atom stereocenters. The normalized spacial score (nSPS) is 23.6. The molecular weight excluding hydrogens is 385 g/mol. The Balaban J connectivity index is 0.000000310. The molecule has 6 nitrogen and oxygen atoms in total. The molecule has 2 aliphatic rings. The van der Waals surface area contributed by atoms with E-state index in [0.717, 1.165) is 17.7 Å². The van der Waals surface area contributed by atoms with Gasteiger partial charge in [-0.05, 0) is 38.2 Å². The number of nitrogens with zero attached hydrogens (tertiary/aromatic N) is 2. The quantitative estimate of drug-likeness (QED) is 0.599. The molecule has 162 valence electrons. The predicted molar refractivity (Wildman–Crippen MR) is 117 cm³/mol. The molecule has 3 atom stereocenters. The van der Waals surface area contributed by atoms with Gasteiger partial charge in [-0.2, -0.15) is 0 Å². The van der Waals surface area contributed by atoms with Crippen molar-refractivity contribution in [2.45, 2.75) is 25.6 Å². The van der Waals surface area contributed by atoms with Crippen LogP contribution in [0.1, 0.15) is 5.56 Å². The summed E-state index contributed by atoms with van der Waals surface area (Å²) in [5, 5.41) is 3.06. The number of aryl methyl sites for hydroxylation is 1. The van der Waals surface area contributed by atoms with E-state index >= 15 is 0 Å². The fourth-order valence-electron chi connectivity index (χ4n) is 3.57. The fourth-order valence-corrected chi connectivity index (χ4v) is 3.57. The van der Waals surface area contributed by atoms with Crippen LogP contribution in [0.4, 0.5) is 15.8 Å². The van der Waals surface area contributed by atoms with E-state index in [2.05, 4.69) is 24.4 Å². The minimum atomic E-state index is -1.12. The maximum Gasteiger partial charge on any atom is 0.196 e. The Morgan fingerprint density at radius 1 is 1.10 bits per heavy atom. The first-order valence-corrected chi connectivity index (χ1v) is 10.2. The number of anilines is 2. The molecule has 2 aliphatic heterocycles. The highest BCUT2D eigenvalue weighted by Gasteiger charge is 2.32. The van der Waals surface area contributed by atoms with Crippen molar-refractivity contribution < 1.29 is 18.7 Å². The van der Waals surface area contributed by atoms with Crippen LogP contribution in [0.5, 0.6) is 0 Å². The van der Waals surface area contributed by atoms with Crippen molar-refractivity contribution in [2.75, 3.05) is 49.7 Å². The molecule has 7 heteroatoms. The molecule has 0 spiro atoms. The monoisotopic (exact) mass is 415 g/mol. The SMILES string of the molecule is CNCC1CN(c2ccc(N3CCOCC3F)cc2)C(C=O)O1.Cc1ccccc1. The molecule has 0 saturated carbocycles. The molecule has 2 saturated heterocycles. The molecule has 30 heavy (non-hydrogen) atoms. The molecule has 2 fully saturated rings. The highest BCUT2D eigenvalue weighted by molar-refractivity contribution is 5.67. The highest BCUT2D eigenvalue weighted by Crippen LogP contribution is 2.28. The minimum Gasteiger partial charge on any atom is -0.375 e. The van der Waals surface area contributed by atoms with Gasteiger partial charge in [0.1, 0.15) is 0 Å². The third-order valence-corrected chi connectivity index (χ3v) is 5.11. The van der Waals surface area contributed by atoms with Crippen LogP contribution in [0.15, 0.2) is 54.6 Å². The van der Waals surface area contributed by atoms with Gasteiger partial charge in [0.15, 0.2) is 18.8 Å². The summed E-state index contributed by atoms with van der Waals surface area (Å²) < 4.78 is 24.7. The van der Waals surface area contributed by atoms with Gasteiger partial charge in [-0.3, -0.25) is 4.79 Å². The summed E-state index contributed by atoms with van der Waals surface area (Å²) >= 11 is 0. The summed E-state index contributed by atoms with van der Waals surface area (Å²) in [6.45, 7) is 4.58. The van der Waals surface area contributed by atoms with E-state index in [4.69, 9.17) is 9.47 Å². The number of carbonyl (C=O) groups is 1. The lowest BCUT2D eigenvalue weighted by Gasteiger charge is -2.32. The molecule has 4 rings (SSSR count). The average Bonchev–Trinajstić information content (AvgIpc) is 3.19. The molecule has 0 bridgehead atoms. The van der Waals surface area contributed by atoms with Crippen molar-refractivity contribution in [2.24, 2.45) is 0 Å². The van der Waals surface area contributed by atoms with Crippen LogP contribution in [0, 0.1) is 6.92 Å². The molecule has 0 amide bonds. The molecule has 2 heterocycles. The predicted octanol–water partition coefficient (Wildman–Crippen LogP) is 2.76. The van der Waals surface area contributed by atoms with Crippen molar-refractivity contribution in [3.05, 3.63) is 60.2 Å². The average molecular weight is 416 g/mol. The standard InChI is InChI=1S/C16H22FN3O3.C7H8/c1-18-8-14-9-20(16(10-21)23-14)13-4-2-12(3-5-13)19-6-7-22-11-15(19)17;1-7-5-3-2-4-6-7/h2-5,10,14-16,18H,6-9,11H2,1H3;2-6H,1H3. The Morgan fingerprint density at radius 3 is 2.30 bits per heavy atom. The Bertz CT molecular complexity index is 775. The Morgan fingerprint density at radius 2 is 1.77 bits per heavy atom. The smallest absolute Gasteiger partial charge is 0.196 e. The number of carbonyl (C=O) groups excluding carboxylic acids is 1. The summed E-state index contributed by atoms with van der Waals surface area (Å²) in [5.41, 5.74) is 3.04. The highest BCUT2D eigenvalue weighted by atomic mass is 19.1. The van der Waals surface area contributed by atoms with Crippen molar-refractivity contribution in [1.82, 2.24) is 5.32 Å². The van der Waals surface area contributed by atoms with Gasteiger partial charge < -0.3 is 24.6 Å². The molecular formula is C23H30FN3O3. The maximum atomic E-state index is 13.9. The summed E-state index contributed by atoms with van der Waals surface area (Å²) in [7, 11) is 1.85. The lowest BCUT2D eigenvalue weighted by atomic mass is 10.2. The lowest BCUT2D eigenvalue weighted by molar-refractivity contribution is -0.117. The zero-order valence-electron chi connectivity index (χ0n) is 17.5. The van der Waals surface area contributed by atoms with Crippen molar-refractivity contribution in [3.8, 4) is 0 Å². The second kappa shape index (κ2) is 11.1. The Kier molecular flexibility index (Phi) is 8.19. The first-order valence-electron chi connectivity index (χ1n) is 10.2. The number of likely N-dealkylation sites (N-methyl/N-ethyl adjacent to an activating group) is 1. The van der Waals surface area contributed by atoms with Crippen molar-refractivity contribution in [1.29, 1.82) is 0 Å². The maximum absolute atomic E-state index is 13.9. The molecule has 2 aromatic carbocycles. The third-order valence-electron chi connectivity index (χ3n) is 5.11. The second-order valence-electron chi connectivity index (χ2n) is 7.37. The van der Waals surface area contributed by atoms with Crippen molar-refractivity contribution >= 4 is 17.7 Å². The molecule has 0 aromatic heterocycles. The third kappa shape index (κ3) is 5.78. The number of hydrogen-bond acceptors (Lipinski definition) is 6. The summed E-state index contributed by atoms with van der Waals surface area (Å²) in [6.07, 6.45) is -0.906. The van der Waals surface area contributed by atoms with Gasteiger partial charge in [0, 0.05) is 31.0 Å². The topological polar surface area (TPSA) is 54.0 Å². The summed E-state index contributed by atoms with van der Waals surface area (Å²) in [4.78, 5) is 14.9. The van der Waals surface area contributed by atoms with Crippen LogP contribution in [0.2, 0.25) is 0 Å². The van der Waals surface area contributed by atoms with Gasteiger partial charge in [-0.25, -0.2) is 4.39 Å². The zero-order valence-corrected chi connectivity index (χ0v) is 17.5. The number of rotatable bonds is 5. The van der Waals surface area contributed by atoms with E-state index in [9.17, 15) is 9.18 Å². The molecule has 1 N–H and O–H groups in total. The van der Waals surface area contributed by atoms with E-state index in [1.165, 1.54) is 5.56 Å². The summed E-state index contributed by atoms with van der Waals surface area (Å²) in [5.74, 6) is 0. The number of benzene rings is 2. The lowest BCUT2D eigenvalue weighted by Crippen LogP contribution is -2.42. The van der Waals surface area contributed by atoms with E-state index in [-0.39, 0.29) is 12.7 Å². The van der Waals surface area contributed by atoms with Crippen LogP contribution in [-0.4, -0.2) is 64.8 Å².